The van der Waals surface area contributed by atoms with Crippen molar-refractivity contribution in [1.82, 2.24) is 4.90 Å². The Bertz CT molecular complexity index is 131. The fourth-order valence-electron chi connectivity index (χ4n) is 1.03. The zero-order valence-corrected chi connectivity index (χ0v) is 11.0. The van der Waals surface area contributed by atoms with Gasteiger partial charge in [0.25, 0.3) is 0 Å². The third-order valence-electron chi connectivity index (χ3n) is 1.57. The van der Waals surface area contributed by atoms with Gasteiger partial charge < -0.3 is 9.64 Å². The van der Waals surface area contributed by atoms with Crippen LogP contribution in [0.2, 0.25) is 0 Å². The second kappa shape index (κ2) is 5.99. The van der Waals surface area contributed by atoms with Crippen molar-refractivity contribution < 1.29 is 4.74 Å². The molecule has 0 amide bonds. The molecular weight excluding hydrogens is 230 g/mol. The van der Waals surface area contributed by atoms with Gasteiger partial charge in [-0.15, -0.1) is 0 Å². The number of nitrogens with zero attached hydrogens (tertiary/aromatic N) is 1. The minimum atomic E-state index is -0.0130. The summed E-state index contributed by atoms with van der Waals surface area (Å²) >= 11 is 3.52. The van der Waals surface area contributed by atoms with Gasteiger partial charge >= 0.3 is 0 Å². The molecule has 1 unspecified atom stereocenters. The first-order chi connectivity index (χ1) is 5.81. The Labute approximate surface area is 90.8 Å². The van der Waals surface area contributed by atoms with Gasteiger partial charge in [-0.2, -0.15) is 0 Å². The number of halogens is 1. The molecule has 0 N–H and O–H groups in total. The van der Waals surface area contributed by atoms with Gasteiger partial charge in [0.15, 0.2) is 0 Å². The molecule has 0 aromatic rings. The smallest absolute Gasteiger partial charge is 0.0600 e. The van der Waals surface area contributed by atoms with Gasteiger partial charge in [0.1, 0.15) is 0 Å². The molecule has 80 valence electrons. The highest BCUT2D eigenvalue weighted by Crippen LogP contribution is 2.06. The first-order valence-electron chi connectivity index (χ1n) is 4.78. The van der Waals surface area contributed by atoms with Crippen LogP contribution in [0, 0.1) is 0 Å². The Hall–Kier alpha value is 0.400. The van der Waals surface area contributed by atoms with Crippen LogP contribution < -0.4 is 0 Å². The lowest BCUT2D eigenvalue weighted by Gasteiger charge is -2.23. The molecule has 0 saturated heterocycles. The van der Waals surface area contributed by atoms with Crippen molar-refractivity contribution >= 4 is 15.9 Å². The van der Waals surface area contributed by atoms with E-state index in [2.05, 4.69) is 55.6 Å². The molecule has 0 aliphatic heterocycles. The molecule has 0 heterocycles. The number of hydrogen-bond donors (Lipinski definition) is 0. The number of hydrogen-bond acceptors (Lipinski definition) is 2. The lowest BCUT2D eigenvalue weighted by Crippen LogP contribution is -2.31. The summed E-state index contributed by atoms with van der Waals surface area (Å²) in [4.78, 5) is 2.82. The minimum Gasteiger partial charge on any atom is -0.375 e. The van der Waals surface area contributed by atoms with E-state index < -0.39 is 0 Å². The molecule has 0 fully saturated rings. The maximum atomic E-state index is 5.62. The largest absolute Gasteiger partial charge is 0.375 e. The second-order valence-corrected chi connectivity index (χ2v) is 6.07. The molecule has 3 heteroatoms. The lowest BCUT2D eigenvalue weighted by atomic mass is 10.2. The molecule has 0 bridgehead atoms. The van der Waals surface area contributed by atoms with E-state index in [4.69, 9.17) is 4.74 Å². The van der Waals surface area contributed by atoms with Crippen molar-refractivity contribution in [2.24, 2.45) is 0 Å². The van der Waals surface area contributed by atoms with E-state index in [0.717, 1.165) is 19.7 Å². The Kier molecular flexibility index (Phi) is 6.18. The molecule has 0 aromatic heterocycles. The quantitative estimate of drug-likeness (QED) is 0.697. The van der Waals surface area contributed by atoms with Crippen molar-refractivity contribution in [2.45, 2.75) is 38.1 Å². The van der Waals surface area contributed by atoms with Crippen molar-refractivity contribution in [1.29, 1.82) is 0 Å². The molecule has 0 aromatic carbocycles. The van der Waals surface area contributed by atoms with Gasteiger partial charge in [0.2, 0.25) is 0 Å². The highest BCUT2D eigenvalue weighted by atomic mass is 79.9. The highest BCUT2D eigenvalue weighted by Gasteiger charge is 2.10. The SMILES string of the molecule is CC(Br)CN(C)CCOC(C)(C)C. The van der Waals surface area contributed by atoms with Crippen molar-refractivity contribution in [3.05, 3.63) is 0 Å². The number of ether oxygens (including phenoxy) is 1. The van der Waals surface area contributed by atoms with Crippen LogP contribution in [0.4, 0.5) is 0 Å². The van der Waals surface area contributed by atoms with Crippen LogP contribution in [0.1, 0.15) is 27.7 Å². The Balaban J connectivity index is 3.42. The predicted molar refractivity (Wildman–Crippen MR) is 61.6 cm³/mol. The van der Waals surface area contributed by atoms with E-state index in [9.17, 15) is 0 Å². The molecule has 0 rings (SSSR count). The third-order valence-corrected chi connectivity index (χ3v) is 1.86. The average Bonchev–Trinajstić information content (AvgIpc) is 1.81. The van der Waals surface area contributed by atoms with E-state index in [1.54, 1.807) is 0 Å². The Morgan fingerprint density at radius 3 is 2.31 bits per heavy atom. The van der Waals surface area contributed by atoms with E-state index >= 15 is 0 Å². The summed E-state index contributed by atoms with van der Waals surface area (Å²) in [5.41, 5.74) is -0.0130. The van der Waals surface area contributed by atoms with Crippen LogP contribution >= 0.6 is 15.9 Å². The maximum Gasteiger partial charge on any atom is 0.0600 e. The molecule has 0 aliphatic rings. The summed E-state index contributed by atoms with van der Waals surface area (Å²) in [6.07, 6.45) is 0. The summed E-state index contributed by atoms with van der Waals surface area (Å²) in [5.74, 6) is 0. The summed E-state index contributed by atoms with van der Waals surface area (Å²) in [6, 6.07) is 0. The fraction of sp³-hybridized carbons (Fsp3) is 1.00. The van der Waals surface area contributed by atoms with Gasteiger partial charge in [-0.1, -0.05) is 22.9 Å². The summed E-state index contributed by atoms with van der Waals surface area (Å²) in [5, 5.41) is 0. The van der Waals surface area contributed by atoms with Crippen LogP contribution in [0.25, 0.3) is 0 Å². The normalized spacial score (nSPS) is 15.0. The molecule has 1 atom stereocenters. The van der Waals surface area contributed by atoms with Crippen molar-refractivity contribution in [3.8, 4) is 0 Å². The van der Waals surface area contributed by atoms with Crippen LogP contribution in [0.15, 0.2) is 0 Å². The standard InChI is InChI=1S/C10H22BrNO/c1-9(11)8-12(5)6-7-13-10(2,3)4/h9H,6-8H2,1-5H3. The molecule has 0 aliphatic carbocycles. The van der Waals surface area contributed by atoms with Crippen molar-refractivity contribution in [3.63, 3.8) is 0 Å². The molecule has 0 saturated carbocycles. The molecular formula is C10H22BrNO. The average molecular weight is 252 g/mol. The van der Waals surface area contributed by atoms with Crippen LogP contribution in [0.3, 0.4) is 0 Å². The van der Waals surface area contributed by atoms with E-state index in [1.165, 1.54) is 0 Å². The van der Waals surface area contributed by atoms with Gasteiger partial charge in [-0.3, -0.25) is 0 Å². The van der Waals surface area contributed by atoms with E-state index in [-0.39, 0.29) is 5.60 Å². The Morgan fingerprint density at radius 1 is 1.38 bits per heavy atom. The lowest BCUT2D eigenvalue weighted by molar-refractivity contribution is -0.0105. The number of rotatable bonds is 5. The molecule has 0 spiro atoms. The maximum absolute atomic E-state index is 5.62. The Morgan fingerprint density at radius 2 is 1.92 bits per heavy atom. The summed E-state index contributed by atoms with van der Waals surface area (Å²) < 4.78 is 5.62. The van der Waals surface area contributed by atoms with Gasteiger partial charge in [-0.25, -0.2) is 0 Å². The molecule has 0 radical (unpaired) electrons. The van der Waals surface area contributed by atoms with Gasteiger partial charge in [0, 0.05) is 17.9 Å². The van der Waals surface area contributed by atoms with Crippen LogP contribution in [0.5, 0.6) is 0 Å². The first kappa shape index (κ1) is 13.4. The van der Waals surface area contributed by atoms with E-state index in [1.807, 2.05) is 0 Å². The second-order valence-electron chi connectivity index (χ2n) is 4.50. The third kappa shape index (κ3) is 10.3. The molecule has 2 nitrogen and oxygen atoms in total. The van der Waals surface area contributed by atoms with E-state index in [0.29, 0.717) is 4.83 Å². The molecule has 13 heavy (non-hydrogen) atoms. The number of likely N-dealkylation sites (N-methyl/N-ethyl adjacent to an activating group) is 1. The zero-order valence-electron chi connectivity index (χ0n) is 9.43. The topological polar surface area (TPSA) is 12.5 Å². The minimum absolute atomic E-state index is 0.0130. The van der Waals surface area contributed by atoms with Crippen LogP contribution in [-0.2, 0) is 4.74 Å². The fourth-order valence-corrected chi connectivity index (χ4v) is 1.52. The van der Waals surface area contributed by atoms with Crippen LogP contribution in [-0.4, -0.2) is 42.1 Å². The van der Waals surface area contributed by atoms with Gasteiger partial charge in [0.05, 0.1) is 12.2 Å². The number of alkyl halides is 1. The summed E-state index contributed by atoms with van der Waals surface area (Å²) in [6.45, 7) is 11.3. The first-order valence-corrected chi connectivity index (χ1v) is 5.69. The monoisotopic (exact) mass is 251 g/mol. The van der Waals surface area contributed by atoms with Crippen molar-refractivity contribution in [2.75, 3.05) is 26.7 Å². The van der Waals surface area contributed by atoms with Gasteiger partial charge in [-0.05, 0) is 27.8 Å². The summed E-state index contributed by atoms with van der Waals surface area (Å²) in [7, 11) is 2.11. The predicted octanol–water partition coefficient (Wildman–Crippen LogP) is 2.52. The highest BCUT2D eigenvalue weighted by molar-refractivity contribution is 9.09. The zero-order chi connectivity index (χ0) is 10.5.